The Morgan fingerprint density at radius 3 is 2.16 bits per heavy atom. The van der Waals surface area contributed by atoms with Crippen LogP contribution in [0.4, 0.5) is 0 Å². The summed E-state index contributed by atoms with van der Waals surface area (Å²) in [5, 5.41) is 3.81. The Balaban J connectivity index is 1.89. The molecule has 106 valence electrons. The van der Waals surface area contributed by atoms with Crippen molar-refractivity contribution >= 4 is 22.6 Å². The summed E-state index contributed by atoms with van der Waals surface area (Å²) in [6.07, 6.45) is 8.55. The molecule has 1 aromatic rings. The minimum absolute atomic E-state index is 0.454. The van der Waals surface area contributed by atoms with Gasteiger partial charge in [0.25, 0.3) is 0 Å². The molecule has 0 heterocycles. The summed E-state index contributed by atoms with van der Waals surface area (Å²) in [7, 11) is 0. The second-order valence-electron chi connectivity index (χ2n) is 5.98. The molecule has 1 aromatic carbocycles. The molecule has 2 rings (SSSR count). The van der Waals surface area contributed by atoms with Crippen molar-refractivity contribution in [2.75, 3.05) is 0 Å². The highest BCUT2D eigenvalue weighted by Crippen LogP contribution is 2.27. The topological polar surface area (TPSA) is 12.0 Å². The van der Waals surface area contributed by atoms with Crippen LogP contribution in [0.5, 0.6) is 0 Å². The Kier molecular flexibility index (Phi) is 6.14. The molecular formula is C17H26IN. The highest BCUT2D eigenvalue weighted by molar-refractivity contribution is 14.1. The molecular weight excluding hydrogens is 345 g/mol. The molecule has 1 nitrogen and oxygen atoms in total. The Hall–Kier alpha value is -0.0900. The van der Waals surface area contributed by atoms with Crippen LogP contribution in [0.25, 0.3) is 0 Å². The van der Waals surface area contributed by atoms with Gasteiger partial charge in [0.1, 0.15) is 0 Å². The zero-order valence-electron chi connectivity index (χ0n) is 12.2. The van der Waals surface area contributed by atoms with E-state index in [0.29, 0.717) is 12.1 Å². The van der Waals surface area contributed by atoms with Crippen LogP contribution < -0.4 is 5.32 Å². The van der Waals surface area contributed by atoms with Gasteiger partial charge in [-0.15, -0.1) is 0 Å². The van der Waals surface area contributed by atoms with E-state index >= 15 is 0 Å². The summed E-state index contributed by atoms with van der Waals surface area (Å²) in [6, 6.07) is 9.98. The number of hydrogen-bond donors (Lipinski definition) is 1. The molecule has 1 saturated carbocycles. The van der Waals surface area contributed by atoms with E-state index in [2.05, 4.69) is 66.0 Å². The SMILES string of the molecule is CC(N[C@H](C)C1CCCCCC1)c1ccc(I)cc1. The van der Waals surface area contributed by atoms with E-state index in [0.717, 1.165) is 5.92 Å². The fraction of sp³-hybridized carbons (Fsp3) is 0.647. The molecule has 1 fully saturated rings. The molecule has 0 amide bonds. The molecule has 2 heteroatoms. The van der Waals surface area contributed by atoms with E-state index in [1.165, 1.54) is 47.7 Å². The lowest BCUT2D eigenvalue weighted by molar-refractivity contribution is 0.316. The highest BCUT2D eigenvalue weighted by atomic mass is 127. The number of hydrogen-bond acceptors (Lipinski definition) is 1. The van der Waals surface area contributed by atoms with Gasteiger partial charge < -0.3 is 5.32 Å². The Bertz CT molecular complexity index is 365. The van der Waals surface area contributed by atoms with Gasteiger partial charge in [-0.3, -0.25) is 0 Å². The van der Waals surface area contributed by atoms with Gasteiger partial charge in [-0.1, -0.05) is 37.8 Å². The predicted molar refractivity (Wildman–Crippen MR) is 91.4 cm³/mol. The number of rotatable bonds is 4. The first-order valence-electron chi connectivity index (χ1n) is 7.68. The standard InChI is InChI=1S/C17H26IN/c1-13(15-7-5-3-4-6-8-15)19-14(2)16-9-11-17(18)12-10-16/h9-15,19H,3-8H2,1-2H3/t13-,14?/m1/s1. The Labute approximate surface area is 131 Å². The highest BCUT2D eigenvalue weighted by Gasteiger charge is 2.20. The van der Waals surface area contributed by atoms with E-state index in [-0.39, 0.29) is 0 Å². The lowest BCUT2D eigenvalue weighted by Crippen LogP contribution is -2.35. The zero-order chi connectivity index (χ0) is 13.7. The quantitative estimate of drug-likeness (QED) is 0.559. The average Bonchev–Trinajstić information content (AvgIpc) is 2.68. The van der Waals surface area contributed by atoms with Gasteiger partial charge in [0.05, 0.1) is 0 Å². The normalized spacial score (nSPS) is 20.8. The summed E-state index contributed by atoms with van der Waals surface area (Å²) in [5.41, 5.74) is 1.40. The van der Waals surface area contributed by atoms with Gasteiger partial charge in [0, 0.05) is 15.7 Å². The third-order valence-corrected chi connectivity index (χ3v) is 5.21. The fourth-order valence-electron chi connectivity index (χ4n) is 3.19. The molecule has 0 aromatic heterocycles. The van der Waals surface area contributed by atoms with Crippen molar-refractivity contribution in [3.8, 4) is 0 Å². The minimum atomic E-state index is 0.454. The van der Waals surface area contributed by atoms with Crippen LogP contribution in [0, 0.1) is 9.49 Å². The predicted octanol–water partition coefficient (Wildman–Crippen LogP) is 5.30. The lowest BCUT2D eigenvalue weighted by Gasteiger charge is -2.27. The summed E-state index contributed by atoms with van der Waals surface area (Å²) in [4.78, 5) is 0. The third kappa shape index (κ3) is 4.75. The van der Waals surface area contributed by atoms with Crippen molar-refractivity contribution in [2.45, 2.75) is 64.5 Å². The maximum atomic E-state index is 3.81. The average molecular weight is 371 g/mol. The first-order chi connectivity index (χ1) is 9.16. The van der Waals surface area contributed by atoms with Crippen molar-refractivity contribution in [2.24, 2.45) is 5.92 Å². The molecule has 19 heavy (non-hydrogen) atoms. The van der Waals surface area contributed by atoms with E-state index in [9.17, 15) is 0 Å². The summed E-state index contributed by atoms with van der Waals surface area (Å²) < 4.78 is 1.31. The molecule has 0 bridgehead atoms. The first-order valence-corrected chi connectivity index (χ1v) is 8.76. The molecule has 0 saturated heterocycles. The third-order valence-electron chi connectivity index (χ3n) is 4.49. The van der Waals surface area contributed by atoms with Crippen LogP contribution in [-0.4, -0.2) is 6.04 Å². The minimum Gasteiger partial charge on any atom is -0.307 e. The molecule has 1 aliphatic carbocycles. The van der Waals surface area contributed by atoms with Crippen molar-refractivity contribution in [1.82, 2.24) is 5.32 Å². The van der Waals surface area contributed by atoms with Gasteiger partial charge in [0.15, 0.2) is 0 Å². The summed E-state index contributed by atoms with van der Waals surface area (Å²) in [5.74, 6) is 0.869. The lowest BCUT2D eigenvalue weighted by atomic mass is 9.92. The number of nitrogens with one attached hydrogen (secondary N) is 1. The second-order valence-corrected chi connectivity index (χ2v) is 7.23. The Morgan fingerprint density at radius 1 is 1.00 bits per heavy atom. The summed E-state index contributed by atoms with van der Waals surface area (Å²) in [6.45, 7) is 4.66. The van der Waals surface area contributed by atoms with Crippen LogP contribution in [0.2, 0.25) is 0 Å². The smallest absolute Gasteiger partial charge is 0.0294 e. The van der Waals surface area contributed by atoms with Gasteiger partial charge in [0.2, 0.25) is 0 Å². The van der Waals surface area contributed by atoms with Crippen LogP contribution in [-0.2, 0) is 0 Å². The van der Waals surface area contributed by atoms with Crippen molar-refractivity contribution in [1.29, 1.82) is 0 Å². The van der Waals surface area contributed by atoms with Gasteiger partial charge in [-0.05, 0) is 72.9 Å². The number of halogens is 1. The Morgan fingerprint density at radius 2 is 1.58 bits per heavy atom. The van der Waals surface area contributed by atoms with E-state index in [1.54, 1.807) is 0 Å². The fourth-order valence-corrected chi connectivity index (χ4v) is 3.55. The molecule has 1 aliphatic rings. The molecule has 2 atom stereocenters. The second kappa shape index (κ2) is 7.63. The molecule has 1 N–H and O–H groups in total. The van der Waals surface area contributed by atoms with E-state index in [1.807, 2.05) is 0 Å². The van der Waals surface area contributed by atoms with Gasteiger partial charge in [-0.2, -0.15) is 0 Å². The monoisotopic (exact) mass is 371 g/mol. The first kappa shape index (κ1) is 15.3. The molecule has 0 aliphatic heterocycles. The van der Waals surface area contributed by atoms with Crippen LogP contribution in [0.1, 0.15) is 64.0 Å². The van der Waals surface area contributed by atoms with Crippen LogP contribution in [0.15, 0.2) is 24.3 Å². The van der Waals surface area contributed by atoms with E-state index < -0.39 is 0 Å². The largest absolute Gasteiger partial charge is 0.307 e. The molecule has 1 unspecified atom stereocenters. The zero-order valence-corrected chi connectivity index (χ0v) is 14.3. The van der Waals surface area contributed by atoms with Crippen LogP contribution in [0.3, 0.4) is 0 Å². The van der Waals surface area contributed by atoms with Crippen molar-refractivity contribution < 1.29 is 0 Å². The number of benzene rings is 1. The maximum absolute atomic E-state index is 3.81. The van der Waals surface area contributed by atoms with Gasteiger partial charge >= 0.3 is 0 Å². The molecule has 0 spiro atoms. The van der Waals surface area contributed by atoms with Crippen molar-refractivity contribution in [3.05, 3.63) is 33.4 Å². The van der Waals surface area contributed by atoms with Crippen LogP contribution >= 0.6 is 22.6 Å². The summed E-state index contributed by atoms with van der Waals surface area (Å²) >= 11 is 2.36. The molecule has 0 radical (unpaired) electrons. The van der Waals surface area contributed by atoms with E-state index in [4.69, 9.17) is 0 Å². The van der Waals surface area contributed by atoms with Gasteiger partial charge in [-0.25, -0.2) is 0 Å². The van der Waals surface area contributed by atoms with Crippen molar-refractivity contribution in [3.63, 3.8) is 0 Å². The maximum Gasteiger partial charge on any atom is 0.0294 e.